The minimum atomic E-state index is 0.184. The van der Waals surface area contributed by atoms with E-state index < -0.39 is 0 Å². The second-order valence-corrected chi connectivity index (χ2v) is 7.76. The van der Waals surface area contributed by atoms with E-state index in [9.17, 15) is 0 Å². The molecule has 1 unspecified atom stereocenters. The van der Waals surface area contributed by atoms with E-state index in [4.69, 9.17) is 4.43 Å². The highest BCUT2D eigenvalue weighted by Crippen LogP contribution is 2.22. The van der Waals surface area contributed by atoms with Crippen LogP contribution in [0, 0.1) is 0 Å². The third-order valence-electron chi connectivity index (χ3n) is 5.30. The fraction of sp³-hybridized carbons (Fsp3) is 1.00. The third-order valence-corrected chi connectivity index (χ3v) is 6.29. The Morgan fingerprint density at radius 3 is 1.32 bits per heavy atom. The van der Waals surface area contributed by atoms with Crippen LogP contribution in [0.3, 0.4) is 0 Å². The molecule has 22 heavy (non-hydrogen) atoms. The minimum Gasteiger partial charge on any atom is -0.423 e. The van der Waals surface area contributed by atoms with E-state index in [0.29, 0.717) is 0 Å². The van der Waals surface area contributed by atoms with Crippen molar-refractivity contribution < 1.29 is 4.43 Å². The molecule has 1 atom stereocenters. The lowest BCUT2D eigenvalue weighted by molar-refractivity contribution is 0.0832. The molecule has 1 nitrogen and oxygen atoms in total. The molecule has 0 saturated heterocycles. The zero-order valence-electron chi connectivity index (χ0n) is 16.2. The van der Waals surface area contributed by atoms with Gasteiger partial charge in [-0.05, 0) is 19.8 Å². The standard InChI is InChI=1S/C20H44OSi/c1-4-6-7-8-9-10-11-12-13-14-15-16-17-18-19-20(3,5-2)21-22/h4-19H2,1-3,22H3. The van der Waals surface area contributed by atoms with Gasteiger partial charge in [-0.3, -0.25) is 0 Å². The van der Waals surface area contributed by atoms with Gasteiger partial charge in [0.15, 0.2) is 0 Å². The van der Waals surface area contributed by atoms with E-state index >= 15 is 0 Å². The van der Waals surface area contributed by atoms with Crippen molar-refractivity contribution in [3.63, 3.8) is 0 Å². The summed E-state index contributed by atoms with van der Waals surface area (Å²) in [6.07, 6.45) is 22.6. The Labute approximate surface area is 144 Å². The van der Waals surface area contributed by atoms with Crippen molar-refractivity contribution in [1.82, 2.24) is 0 Å². The summed E-state index contributed by atoms with van der Waals surface area (Å²) < 4.78 is 5.74. The van der Waals surface area contributed by atoms with Gasteiger partial charge in [-0.15, -0.1) is 0 Å². The summed E-state index contributed by atoms with van der Waals surface area (Å²) in [4.78, 5) is 0. The largest absolute Gasteiger partial charge is 0.423 e. The van der Waals surface area contributed by atoms with Crippen LogP contribution in [-0.2, 0) is 4.43 Å². The maximum Gasteiger partial charge on any atom is 0.146 e. The van der Waals surface area contributed by atoms with Crippen molar-refractivity contribution >= 4 is 10.5 Å². The lowest BCUT2D eigenvalue weighted by atomic mass is 9.95. The van der Waals surface area contributed by atoms with Crippen LogP contribution in [0.4, 0.5) is 0 Å². The molecular weight excluding hydrogens is 284 g/mol. The monoisotopic (exact) mass is 328 g/mol. The van der Waals surface area contributed by atoms with E-state index in [1.807, 2.05) is 0 Å². The molecule has 0 aromatic carbocycles. The zero-order valence-corrected chi connectivity index (χ0v) is 18.2. The molecule has 0 N–H and O–H groups in total. The lowest BCUT2D eigenvalue weighted by Gasteiger charge is -2.27. The summed E-state index contributed by atoms with van der Waals surface area (Å²) in [5.74, 6) is 0. The highest BCUT2D eigenvalue weighted by molar-refractivity contribution is 5.98. The topological polar surface area (TPSA) is 9.23 Å². The van der Waals surface area contributed by atoms with Crippen molar-refractivity contribution in [3.05, 3.63) is 0 Å². The third kappa shape index (κ3) is 13.8. The maximum absolute atomic E-state index is 5.74. The first kappa shape index (κ1) is 22.2. The molecule has 0 saturated carbocycles. The fourth-order valence-corrected chi connectivity index (χ4v) is 3.61. The number of unbranched alkanes of at least 4 members (excludes halogenated alkanes) is 13. The van der Waals surface area contributed by atoms with Crippen LogP contribution in [0.1, 0.15) is 124 Å². The Balaban J connectivity index is 3.14. The van der Waals surface area contributed by atoms with E-state index in [-0.39, 0.29) is 5.60 Å². The average molecular weight is 329 g/mol. The van der Waals surface area contributed by atoms with Crippen molar-refractivity contribution in [2.24, 2.45) is 0 Å². The predicted molar refractivity (Wildman–Crippen MR) is 105 cm³/mol. The van der Waals surface area contributed by atoms with E-state index in [1.54, 1.807) is 0 Å². The van der Waals surface area contributed by atoms with Crippen LogP contribution in [0.15, 0.2) is 0 Å². The molecular formula is C20H44OSi. The summed E-state index contributed by atoms with van der Waals surface area (Å²) in [6, 6.07) is 0. The van der Waals surface area contributed by atoms with Gasteiger partial charge in [0.25, 0.3) is 0 Å². The fourth-order valence-electron chi connectivity index (χ4n) is 3.12. The van der Waals surface area contributed by atoms with Crippen LogP contribution in [0.25, 0.3) is 0 Å². The van der Waals surface area contributed by atoms with Gasteiger partial charge >= 0.3 is 0 Å². The van der Waals surface area contributed by atoms with E-state index in [0.717, 1.165) is 16.9 Å². The number of hydrogen-bond acceptors (Lipinski definition) is 1. The molecule has 0 aliphatic heterocycles. The molecule has 0 heterocycles. The number of rotatable bonds is 17. The molecule has 0 aromatic rings. The van der Waals surface area contributed by atoms with E-state index in [2.05, 4.69) is 20.8 Å². The Hall–Kier alpha value is 0.177. The summed E-state index contributed by atoms with van der Waals surface area (Å²) in [5, 5.41) is 0. The molecule has 0 amide bonds. The van der Waals surface area contributed by atoms with Crippen molar-refractivity contribution in [1.29, 1.82) is 0 Å². The lowest BCUT2D eigenvalue weighted by Crippen LogP contribution is -2.26. The number of hydrogen-bond donors (Lipinski definition) is 0. The maximum atomic E-state index is 5.74. The van der Waals surface area contributed by atoms with Gasteiger partial charge < -0.3 is 4.43 Å². The Kier molecular flexibility index (Phi) is 16.2. The van der Waals surface area contributed by atoms with Gasteiger partial charge in [-0.2, -0.15) is 0 Å². The van der Waals surface area contributed by atoms with Crippen molar-refractivity contribution in [3.8, 4) is 0 Å². The average Bonchev–Trinajstić information content (AvgIpc) is 2.55. The second kappa shape index (κ2) is 16.0. The van der Waals surface area contributed by atoms with Gasteiger partial charge in [0.1, 0.15) is 10.5 Å². The summed E-state index contributed by atoms with van der Waals surface area (Å²) in [7, 11) is 0.877. The molecule has 2 heteroatoms. The van der Waals surface area contributed by atoms with Crippen LogP contribution in [0.5, 0.6) is 0 Å². The molecule has 0 aliphatic carbocycles. The molecule has 0 radical (unpaired) electrons. The first-order valence-corrected chi connectivity index (χ1v) is 11.1. The normalized spacial score (nSPS) is 14.3. The minimum absolute atomic E-state index is 0.184. The smallest absolute Gasteiger partial charge is 0.146 e. The SMILES string of the molecule is CCCCCCCCCCCCCCCCC(C)(CC)O[SiH3]. The first-order chi connectivity index (χ1) is 10.7. The van der Waals surface area contributed by atoms with Crippen LogP contribution in [0.2, 0.25) is 0 Å². The first-order valence-electron chi connectivity index (χ1n) is 10.2. The van der Waals surface area contributed by atoms with Crippen LogP contribution < -0.4 is 0 Å². The molecule has 0 spiro atoms. The Morgan fingerprint density at radius 2 is 1.00 bits per heavy atom. The van der Waals surface area contributed by atoms with Gasteiger partial charge in [-0.1, -0.05) is 104 Å². The zero-order chi connectivity index (χ0) is 16.5. The Morgan fingerprint density at radius 1 is 0.636 bits per heavy atom. The van der Waals surface area contributed by atoms with Gasteiger partial charge in [0.05, 0.1) is 5.60 Å². The van der Waals surface area contributed by atoms with Gasteiger partial charge in [0.2, 0.25) is 0 Å². The summed E-state index contributed by atoms with van der Waals surface area (Å²) in [6.45, 7) is 6.82. The molecule has 134 valence electrons. The highest BCUT2D eigenvalue weighted by Gasteiger charge is 2.18. The van der Waals surface area contributed by atoms with Crippen LogP contribution >= 0.6 is 0 Å². The van der Waals surface area contributed by atoms with E-state index in [1.165, 1.54) is 96.3 Å². The van der Waals surface area contributed by atoms with Gasteiger partial charge in [0, 0.05) is 0 Å². The molecule has 0 aromatic heterocycles. The molecule has 0 bridgehead atoms. The predicted octanol–water partition coefficient (Wildman–Crippen LogP) is 6.32. The summed E-state index contributed by atoms with van der Waals surface area (Å²) >= 11 is 0. The van der Waals surface area contributed by atoms with Crippen molar-refractivity contribution in [2.75, 3.05) is 0 Å². The quantitative estimate of drug-likeness (QED) is 0.224. The highest BCUT2D eigenvalue weighted by atomic mass is 28.2. The Bertz CT molecular complexity index is 214. The molecule has 0 fully saturated rings. The molecule has 0 rings (SSSR count). The van der Waals surface area contributed by atoms with Crippen LogP contribution in [-0.4, -0.2) is 16.1 Å². The van der Waals surface area contributed by atoms with Gasteiger partial charge in [-0.25, -0.2) is 0 Å². The van der Waals surface area contributed by atoms with Crippen molar-refractivity contribution in [2.45, 2.75) is 129 Å². The summed E-state index contributed by atoms with van der Waals surface area (Å²) in [5.41, 5.74) is 0.184. The second-order valence-electron chi connectivity index (χ2n) is 7.35. The molecule has 0 aliphatic rings.